The van der Waals surface area contributed by atoms with E-state index in [1.165, 1.54) is 6.21 Å². The Labute approximate surface area is 74.2 Å². The molecule has 0 spiro atoms. The summed E-state index contributed by atoms with van der Waals surface area (Å²) in [5.41, 5.74) is 2.65. The van der Waals surface area contributed by atoms with Crippen LogP contribution in [0.2, 0.25) is 0 Å². The molecule has 0 aromatic carbocycles. The van der Waals surface area contributed by atoms with Crippen LogP contribution in [0.3, 0.4) is 0 Å². The van der Waals surface area contributed by atoms with E-state index >= 15 is 0 Å². The number of amides is 1. The Morgan fingerprint density at radius 1 is 1.54 bits per heavy atom. The lowest BCUT2D eigenvalue weighted by Gasteiger charge is -1.90. The van der Waals surface area contributed by atoms with Crippen molar-refractivity contribution < 1.29 is 15.4 Å². The molecule has 0 atom stereocenters. The number of nitrogens with zero attached hydrogens (tertiary/aromatic N) is 2. The molecule has 0 unspecified atom stereocenters. The number of hydrazone groups is 1. The van der Waals surface area contributed by atoms with Gasteiger partial charge < -0.3 is 10.6 Å². The van der Waals surface area contributed by atoms with Crippen LogP contribution in [0.1, 0.15) is 5.56 Å². The van der Waals surface area contributed by atoms with Crippen LogP contribution in [0.5, 0.6) is 0 Å². The third-order valence-corrected chi connectivity index (χ3v) is 1.08. The fourth-order valence-corrected chi connectivity index (χ4v) is 0.612. The van der Waals surface area contributed by atoms with E-state index < -0.39 is 6.09 Å². The first kappa shape index (κ1) is 11.1. The fraction of sp³-hybridized carbons (Fsp3) is 0. The quantitative estimate of drug-likeness (QED) is 0.492. The molecular weight excluding hydrogens is 174 g/mol. The van der Waals surface area contributed by atoms with Crippen molar-refractivity contribution in [1.29, 1.82) is 0 Å². The SMILES string of the molecule is O.O=C(O)NN=Cc1ccncc1. The van der Waals surface area contributed by atoms with Crippen molar-refractivity contribution >= 4 is 12.3 Å². The number of pyridine rings is 1. The van der Waals surface area contributed by atoms with Gasteiger partial charge in [-0.2, -0.15) is 5.10 Å². The van der Waals surface area contributed by atoms with E-state index in [-0.39, 0.29) is 5.48 Å². The summed E-state index contributed by atoms with van der Waals surface area (Å²) in [4.78, 5) is 13.7. The van der Waals surface area contributed by atoms with Gasteiger partial charge in [-0.1, -0.05) is 0 Å². The van der Waals surface area contributed by atoms with Crippen molar-refractivity contribution in [1.82, 2.24) is 10.4 Å². The zero-order valence-corrected chi connectivity index (χ0v) is 6.64. The highest BCUT2D eigenvalue weighted by Crippen LogP contribution is 1.89. The summed E-state index contributed by atoms with van der Waals surface area (Å²) < 4.78 is 0. The van der Waals surface area contributed by atoms with Crippen molar-refractivity contribution in [3.05, 3.63) is 30.1 Å². The number of rotatable bonds is 2. The van der Waals surface area contributed by atoms with Crippen molar-refractivity contribution in [3.8, 4) is 0 Å². The minimum absolute atomic E-state index is 0. The first-order chi connectivity index (χ1) is 5.79. The summed E-state index contributed by atoms with van der Waals surface area (Å²) in [6.07, 6.45) is 3.42. The molecule has 1 aromatic heterocycles. The predicted molar refractivity (Wildman–Crippen MR) is 46.6 cm³/mol. The Morgan fingerprint density at radius 3 is 2.69 bits per heavy atom. The molecule has 70 valence electrons. The van der Waals surface area contributed by atoms with Gasteiger partial charge in [-0.25, -0.2) is 10.2 Å². The van der Waals surface area contributed by atoms with Crippen LogP contribution in [0.15, 0.2) is 29.6 Å². The molecule has 0 saturated heterocycles. The molecule has 1 amide bonds. The number of carboxylic acid groups (broad SMARTS) is 1. The van der Waals surface area contributed by atoms with Crippen LogP contribution >= 0.6 is 0 Å². The smallest absolute Gasteiger partial charge is 0.425 e. The maximum absolute atomic E-state index is 9.95. The van der Waals surface area contributed by atoms with Gasteiger partial charge in [0.2, 0.25) is 0 Å². The molecule has 13 heavy (non-hydrogen) atoms. The zero-order valence-electron chi connectivity index (χ0n) is 6.64. The Balaban J connectivity index is 0.00000144. The minimum Gasteiger partial charge on any atom is -0.464 e. The van der Waals surface area contributed by atoms with Crippen LogP contribution in [-0.4, -0.2) is 27.9 Å². The molecule has 4 N–H and O–H groups in total. The van der Waals surface area contributed by atoms with Gasteiger partial charge in [-0.05, 0) is 17.7 Å². The van der Waals surface area contributed by atoms with Crippen molar-refractivity contribution in [2.45, 2.75) is 0 Å². The molecule has 1 aromatic rings. The Bertz CT molecular complexity index is 286. The molecule has 0 saturated carbocycles. The van der Waals surface area contributed by atoms with E-state index in [4.69, 9.17) is 5.11 Å². The average molecular weight is 183 g/mol. The van der Waals surface area contributed by atoms with E-state index in [0.717, 1.165) is 5.56 Å². The highest BCUT2D eigenvalue weighted by atomic mass is 16.4. The number of nitrogens with one attached hydrogen (secondary N) is 1. The van der Waals surface area contributed by atoms with Gasteiger partial charge in [0, 0.05) is 12.4 Å². The maximum Gasteiger partial charge on any atom is 0.425 e. The molecule has 1 heterocycles. The van der Waals surface area contributed by atoms with E-state index in [9.17, 15) is 4.79 Å². The largest absolute Gasteiger partial charge is 0.464 e. The Hall–Kier alpha value is -1.95. The van der Waals surface area contributed by atoms with Crippen molar-refractivity contribution in [3.63, 3.8) is 0 Å². The monoisotopic (exact) mass is 183 g/mol. The fourth-order valence-electron chi connectivity index (χ4n) is 0.612. The topological polar surface area (TPSA) is 106 Å². The molecule has 6 nitrogen and oxygen atoms in total. The molecule has 0 fully saturated rings. The number of carbonyl (C=O) groups is 1. The lowest BCUT2D eigenvalue weighted by Crippen LogP contribution is -2.13. The summed E-state index contributed by atoms with van der Waals surface area (Å²) in [6, 6.07) is 3.43. The third-order valence-electron chi connectivity index (χ3n) is 1.08. The predicted octanol–water partition coefficient (Wildman–Crippen LogP) is -0.142. The first-order valence-corrected chi connectivity index (χ1v) is 3.21. The molecule has 0 aliphatic carbocycles. The molecule has 6 heteroatoms. The first-order valence-electron chi connectivity index (χ1n) is 3.21. The van der Waals surface area contributed by atoms with Gasteiger partial charge in [0.1, 0.15) is 0 Å². The van der Waals surface area contributed by atoms with Crippen molar-refractivity contribution in [2.24, 2.45) is 5.10 Å². The normalized spacial score (nSPS) is 9.23. The van der Waals surface area contributed by atoms with Crippen LogP contribution < -0.4 is 5.43 Å². The third kappa shape index (κ3) is 4.49. The standard InChI is InChI=1S/C7H7N3O2.H2O/c11-7(12)10-9-5-6-1-3-8-4-2-6;/h1-5,10H,(H,11,12);1H2. The van der Waals surface area contributed by atoms with Gasteiger partial charge in [0.05, 0.1) is 6.21 Å². The average Bonchev–Trinajstić information content (AvgIpc) is 2.05. The highest BCUT2D eigenvalue weighted by Gasteiger charge is 1.87. The molecule has 1 rings (SSSR count). The summed E-state index contributed by atoms with van der Waals surface area (Å²) in [7, 11) is 0. The van der Waals surface area contributed by atoms with Crippen molar-refractivity contribution in [2.75, 3.05) is 0 Å². The lowest BCUT2D eigenvalue weighted by atomic mass is 10.3. The van der Waals surface area contributed by atoms with E-state index in [2.05, 4.69) is 10.1 Å². The molecule has 0 aliphatic rings. The number of hydrogen-bond acceptors (Lipinski definition) is 3. The number of hydrogen-bond donors (Lipinski definition) is 2. The summed E-state index contributed by atoms with van der Waals surface area (Å²) in [5, 5.41) is 11.6. The zero-order chi connectivity index (χ0) is 8.81. The molecular formula is C7H9N3O3. The summed E-state index contributed by atoms with van der Waals surface area (Å²) >= 11 is 0. The minimum atomic E-state index is -1.18. The lowest BCUT2D eigenvalue weighted by molar-refractivity contribution is 0.195. The van der Waals surface area contributed by atoms with Gasteiger partial charge in [-0.3, -0.25) is 4.98 Å². The second-order valence-electron chi connectivity index (χ2n) is 1.96. The summed E-state index contributed by atoms with van der Waals surface area (Å²) in [5.74, 6) is 0. The molecule has 0 radical (unpaired) electrons. The number of aromatic nitrogens is 1. The Morgan fingerprint density at radius 2 is 2.15 bits per heavy atom. The molecule has 0 aliphatic heterocycles. The summed E-state index contributed by atoms with van der Waals surface area (Å²) in [6.45, 7) is 0. The van der Waals surface area contributed by atoms with Gasteiger partial charge in [-0.15, -0.1) is 0 Å². The maximum atomic E-state index is 9.95. The van der Waals surface area contributed by atoms with Gasteiger partial charge >= 0.3 is 6.09 Å². The van der Waals surface area contributed by atoms with E-state index in [1.807, 2.05) is 5.43 Å². The van der Waals surface area contributed by atoms with Crippen LogP contribution in [0.25, 0.3) is 0 Å². The van der Waals surface area contributed by atoms with E-state index in [0.29, 0.717) is 0 Å². The molecule has 0 bridgehead atoms. The van der Waals surface area contributed by atoms with Gasteiger partial charge in [0.15, 0.2) is 0 Å². The van der Waals surface area contributed by atoms with Crippen LogP contribution in [0, 0.1) is 0 Å². The van der Waals surface area contributed by atoms with Gasteiger partial charge in [0.25, 0.3) is 0 Å². The van der Waals surface area contributed by atoms with Crippen LogP contribution in [0.4, 0.5) is 4.79 Å². The van der Waals surface area contributed by atoms with E-state index in [1.54, 1.807) is 24.5 Å². The second-order valence-corrected chi connectivity index (χ2v) is 1.96. The Kier molecular flexibility index (Phi) is 4.82. The second kappa shape index (κ2) is 5.67. The highest BCUT2D eigenvalue weighted by molar-refractivity contribution is 5.80. The van der Waals surface area contributed by atoms with Crippen LogP contribution in [-0.2, 0) is 0 Å².